The van der Waals surface area contributed by atoms with E-state index in [1.165, 1.54) is 13.2 Å². The third-order valence-corrected chi connectivity index (χ3v) is 3.85. The van der Waals surface area contributed by atoms with E-state index in [0.29, 0.717) is 24.1 Å². The van der Waals surface area contributed by atoms with E-state index in [1.54, 1.807) is 19.1 Å². The number of nitrogens with zero attached hydrogens (tertiary/aromatic N) is 5. The van der Waals surface area contributed by atoms with Gasteiger partial charge >= 0.3 is 6.18 Å². The molecule has 1 amide bonds. The molecule has 9 nitrogen and oxygen atoms in total. The molecule has 3 aromatic rings. The van der Waals surface area contributed by atoms with Gasteiger partial charge in [0.2, 0.25) is 5.88 Å². The molecule has 0 fully saturated rings. The van der Waals surface area contributed by atoms with E-state index in [-0.39, 0.29) is 17.4 Å². The van der Waals surface area contributed by atoms with Crippen LogP contribution in [0, 0.1) is 0 Å². The van der Waals surface area contributed by atoms with Crippen molar-refractivity contribution in [2.24, 2.45) is 7.05 Å². The van der Waals surface area contributed by atoms with Crippen LogP contribution in [0.5, 0.6) is 5.88 Å². The third kappa shape index (κ3) is 4.52. The molecule has 0 saturated carbocycles. The molecule has 0 aliphatic heterocycles. The highest BCUT2D eigenvalue weighted by Crippen LogP contribution is 2.28. The van der Waals surface area contributed by atoms with Gasteiger partial charge in [-0.25, -0.2) is 4.98 Å². The number of hydrogen-bond donors (Lipinski definition) is 1. The number of alkyl halides is 3. The first-order valence-electron chi connectivity index (χ1n) is 8.54. The number of halogens is 3. The van der Waals surface area contributed by atoms with Gasteiger partial charge in [0, 0.05) is 30.9 Å². The summed E-state index contributed by atoms with van der Waals surface area (Å²) >= 11 is 0. The van der Waals surface area contributed by atoms with Gasteiger partial charge < -0.3 is 14.6 Å². The minimum atomic E-state index is -4.64. The minimum Gasteiger partial charge on any atom is -0.478 e. The summed E-state index contributed by atoms with van der Waals surface area (Å²) in [5, 5.41) is 9.66. The van der Waals surface area contributed by atoms with Crippen LogP contribution in [0.25, 0.3) is 11.5 Å². The molecule has 12 heteroatoms. The Hall–Kier alpha value is -3.44. The number of ether oxygens (including phenoxy) is 1. The number of pyridine rings is 1. The second-order valence-corrected chi connectivity index (χ2v) is 6.00. The summed E-state index contributed by atoms with van der Waals surface area (Å²) in [5.41, 5.74) is -0.826. The maximum Gasteiger partial charge on any atom is 0.435 e. The Balaban J connectivity index is 1.74. The van der Waals surface area contributed by atoms with E-state index in [9.17, 15) is 18.0 Å². The zero-order valence-corrected chi connectivity index (χ0v) is 15.7. The van der Waals surface area contributed by atoms with Gasteiger partial charge in [0.15, 0.2) is 11.5 Å². The molecule has 154 valence electrons. The molecule has 29 heavy (non-hydrogen) atoms. The summed E-state index contributed by atoms with van der Waals surface area (Å²) in [6.45, 7) is 3.84. The zero-order chi connectivity index (χ0) is 21.2. The van der Waals surface area contributed by atoms with Crippen LogP contribution in [0.3, 0.4) is 0 Å². The van der Waals surface area contributed by atoms with Crippen molar-refractivity contribution in [2.75, 3.05) is 6.61 Å². The summed E-state index contributed by atoms with van der Waals surface area (Å²) in [7, 11) is 1.25. The molecule has 3 heterocycles. The molecule has 0 aliphatic rings. The summed E-state index contributed by atoms with van der Waals surface area (Å²) in [5.74, 6) is -0.0228. The fourth-order valence-corrected chi connectivity index (χ4v) is 2.45. The zero-order valence-electron chi connectivity index (χ0n) is 15.7. The van der Waals surface area contributed by atoms with Gasteiger partial charge in [0.05, 0.1) is 12.6 Å². The number of rotatable bonds is 6. The van der Waals surface area contributed by atoms with E-state index >= 15 is 0 Å². The van der Waals surface area contributed by atoms with E-state index < -0.39 is 23.8 Å². The summed E-state index contributed by atoms with van der Waals surface area (Å²) in [4.78, 5) is 20.6. The normalized spacial score (nSPS) is 12.6. The van der Waals surface area contributed by atoms with Gasteiger partial charge in [-0.15, -0.1) is 0 Å². The molecule has 0 aliphatic carbocycles. The van der Waals surface area contributed by atoms with Crippen LogP contribution in [0.2, 0.25) is 0 Å². The largest absolute Gasteiger partial charge is 0.478 e. The Morgan fingerprint density at radius 1 is 1.38 bits per heavy atom. The van der Waals surface area contributed by atoms with Crippen molar-refractivity contribution in [2.45, 2.75) is 26.1 Å². The lowest BCUT2D eigenvalue weighted by molar-refractivity contribution is -0.141. The Kier molecular flexibility index (Phi) is 5.52. The van der Waals surface area contributed by atoms with Crippen molar-refractivity contribution in [3.05, 3.63) is 41.6 Å². The first-order valence-corrected chi connectivity index (χ1v) is 8.54. The lowest BCUT2D eigenvalue weighted by Gasteiger charge is -2.09. The summed E-state index contributed by atoms with van der Waals surface area (Å²) in [6, 6.07) is 3.23. The van der Waals surface area contributed by atoms with Crippen LogP contribution in [0.4, 0.5) is 13.2 Å². The van der Waals surface area contributed by atoms with Gasteiger partial charge in [-0.05, 0) is 19.9 Å². The summed E-state index contributed by atoms with van der Waals surface area (Å²) < 4.78 is 49.7. The van der Waals surface area contributed by atoms with Crippen molar-refractivity contribution in [1.82, 2.24) is 30.2 Å². The van der Waals surface area contributed by atoms with Crippen LogP contribution >= 0.6 is 0 Å². The van der Waals surface area contributed by atoms with Crippen LogP contribution in [-0.2, 0) is 13.2 Å². The van der Waals surface area contributed by atoms with Gasteiger partial charge in [0.25, 0.3) is 11.8 Å². The number of nitrogens with one attached hydrogen (secondary N) is 1. The number of amides is 1. The molecule has 0 aromatic carbocycles. The third-order valence-electron chi connectivity index (χ3n) is 3.85. The van der Waals surface area contributed by atoms with Crippen LogP contribution in [-0.4, -0.2) is 37.4 Å². The first-order chi connectivity index (χ1) is 13.7. The highest BCUT2D eigenvalue weighted by Gasteiger charge is 2.35. The lowest BCUT2D eigenvalue weighted by atomic mass is 10.2. The average Bonchev–Trinajstić information content (AvgIpc) is 3.29. The standard InChI is InChI=1S/C17H17F3N6O3/c1-4-28-13-7-10(5-6-21-13)16-23-14(25-29-16)9(2)22-15(27)11-8-12(17(18,19)20)24-26(11)3/h5-9H,4H2,1-3H3,(H,22,27). The summed E-state index contributed by atoms with van der Waals surface area (Å²) in [6.07, 6.45) is -3.12. The van der Waals surface area contributed by atoms with Gasteiger partial charge in [-0.3, -0.25) is 9.48 Å². The van der Waals surface area contributed by atoms with E-state index in [1.807, 2.05) is 6.92 Å². The van der Waals surface area contributed by atoms with Gasteiger partial charge in [-0.2, -0.15) is 23.3 Å². The van der Waals surface area contributed by atoms with Crippen LogP contribution in [0.1, 0.15) is 41.9 Å². The fourth-order valence-electron chi connectivity index (χ4n) is 2.45. The molecule has 0 bridgehead atoms. The number of carbonyl (C=O) groups excluding carboxylic acids is 1. The van der Waals surface area contributed by atoms with Crippen LogP contribution < -0.4 is 10.1 Å². The van der Waals surface area contributed by atoms with Crippen molar-refractivity contribution < 1.29 is 27.2 Å². The van der Waals surface area contributed by atoms with Crippen molar-refractivity contribution in [1.29, 1.82) is 0 Å². The Bertz CT molecular complexity index is 1010. The monoisotopic (exact) mass is 410 g/mol. The number of hydrogen-bond acceptors (Lipinski definition) is 7. The average molecular weight is 410 g/mol. The molecular weight excluding hydrogens is 393 g/mol. The predicted octanol–water partition coefficient (Wildman–Crippen LogP) is 2.77. The van der Waals surface area contributed by atoms with Crippen molar-refractivity contribution >= 4 is 5.91 Å². The van der Waals surface area contributed by atoms with Crippen molar-refractivity contribution in [3.63, 3.8) is 0 Å². The van der Waals surface area contributed by atoms with E-state index in [2.05, 4.69) is 25.5 Å². The van der Waals surface area contributed by atoms with E-state index in [4.69, 9.17) is 9.26 Å². The van der Waals surface area contributed by atoms with Crippen molar-refractivity contribution in [3.8, 4) is 17.3 Å². The molecular formula is C17H17F3N6O3. The highest BCUT2D eigenvalue weighted by molar-refractivity contribution is 5.92. The molecule has 3 rings (SSSR count). The molecule has 1 N–H and O–H groups in total. The number of aromatic nitrogens is 5. The second-order valence-electron chi connectivity index (χ2n) is 6.00. The minimum absolute atomic E-state index is 0.154. The van der Waals surface area contributed by atoms with Gasteiger partial charge in [0.1, 0.15) is 5.69 Å². The molecule has 0 radical (unpaired) electrons. The topological polar surface area (TPSA) is 108 Å². The Labute approximate surface area is 162 Å². The SMILES string of the molecule is CCOc1cc(-c2nc(C(C)NC(=O)c3cc(C(F)(F)F)nn3C)no2)ccn1. The quantitative estimate of drug-likeness (QED) is 0.666. The smallest absolute Gasteiger partial charge is 0.435 e. The fraction of sp³-hybridized carbons (Fsp3) is 0.353. The van der Waals surface area contributed by atoms with Crippen LogP contribution in [0.15, 0.2) is 28.9 Å². The van der Waals surface area contributed by atoms with Gasteiger partial charge in [-0.1, -0.05) is 5.16 Å². The van der Waals surface area contributed by atoms with E-state index in [0.717, 1.165) is 4.68 Å². The maximum absolute atomic E-state index is 12.8. The Morgan fingerprint density at radius 3 is 2.79 bits per heavy atom. The molecule has 0 saturated heterocycles. The second kappa shape index (κ2) is 7.89. The molecule has 1 atom stereocenters. The first kappa shape index (κ1) is 20.3. The molecule has 0 spiro atoms. The molecule has 1 unspecified atom stereocenters. The number of carbonyl (C=O) groups is 1. The lowest BCUT2D eigenvalue weighted by Crippen LogP contribution is -2.29. The highest BCUT2D eigenvalue weighted by atomic mass is 19.4. The molecule has 3 aromatic heterocycles. The predicted molar refractivity (Wildman–Crippen MR) is 92.8 cm³/mol. The number of aryl methyl sites for hydroxylation is 1. The Morgan fingerprint density at radius 2 is 2.14 bits per heavy atom. The maximum atomic E-state index is 12.8.